The molecule has 1 saturated carbocycles. The van der Waals surface area contributed by atoms with Gasteiger partial charge in [0.2, 0.25) is 0 Å². The molecule has 0 radical (unpaired) electrons. The molecule has 2 saturated heterocycles. The van der Waals surface area contributed by atoms with Crippen LogP contribution in [0.15, 0.2) is 23.6 Å². The molecular weight excluding hydrogens is 312 g/mol. The fourth-order valence-electron chi connectivity index (χ4n) is 4.57. The molecule has 4 rings (SSSR count). The van der Waals surface area contributed by atoms with Gasteiger partial charge < -0.3 is 19.7 Å². The molecule has 3 aliphatic heterocycles. The molecule has 0 spiro atoms. The minimum Gasteiger partial charge on any atom is -0.475 e. The van der Waals surface area contributed by atoms with Crippen molar-refractivity contribution in [1.82, 2.24) is 10.2 Å². The average Bonchev–Trinajstić information content (AvgIpc) is 3.45. The van der Waals surface area contributed by atoms with Crippen LogP contribution < -0.4 is 5.32 Å². The monoisotopic (exact) mass is 346 g/mol. The Kier molecular flexibility index (Phi) is 5.66. The van der Waals surface area contributed by atoms with E-state index in [0.29, 0.717) is 11.8 Å². The second kappa shape index (κ2) is 8.13. The first-order valence-corrected chi connectivity index (χ1v) is 10.4. The SMILES string of the molecule is CC1CC=C(N2CCC(NC3CC3)CC2)OCC=C1C1CCOCC1. The van der Waals surface area contributed by atoms with Crippen molar-refractivity contribution in [2.75, 3.05) is 32.9 Å². The molecule has 140 valence electrons. The number of ether oxygens (including phenoxy) is 2. The molecular formula is C21H34N2O2. The van der Waals surface area contributed by atoms with Gasteiger partial charge in [-0.3, -0.25) is 0 Å². The van der Waals surface area contributed by atoms with Crippen LogP contribution in [0.5, 0.6) is 0 Å². The van der Waals surface area contributed by atoms with Gasteiger partial charge in [-0.05, 0) is 68.9 Å². The molecule has 0 aromatic carbocycles. The topological polar surface area (TPSA) is 33.7 Å². The van der Waals surface area contributed by atoms with Gasteiger partial charge >= 0.3 is 0 Å². The van der Waals surface area contributed by atoms with E-state index in [1.165, 1.54) is 38.5 Å². The molecule has 1 N–H and O–H groups in total. The van der Waals surface area contributed by atoms with Crippen molar-refractivity contribution in [2.24, 2.45) is 11.8 Å². The van der Waals surface area contributed by atoms with Gasteiger partial charge in [0.25, 0.3) is 0 Å². The van der Waals surface area contributed by atoms with Crippen molar-refractivity contribution in [1.29, 1.82) is 0 Å². The second-order valence-corrected chi connectivity index (χ2v) is 8.28. The first kappa shape index (κ1) is 17.4. The van der Waals surface area contributed by atoms with Crippen LogP contribution in [0.3, 0.4) is 0 Å². The predicted octanol–water partition coefficient (Wildman–Crippen LogP) is 3.45. The summed E-state index contributed by atoms with van der Waals surface area (Å²) >= 11 is 0. The fraction of sp³-hybridized carbons (Fsp3) is 0.810. The summed E-state index contributed by atoms with van der Waals surface area (Å²) in [5.74, 6) is 2.45. The zero-order chi connectivity index (χ0) is 17.1. The number of piperidine rings is 1. The van der Waals surface area contributed by atoms with E-state index in [4.69, 9.17) is 9.47 Å². The van der Waals surface area contributed by atoms with Gasteiger partial charge in [0.1, 0.15) is 6.61 Å². The molecule has 1 unspecified atom stereocenters. The van der Waals surface area contributed by atoms with Crippen molar-refractivity contribution in [3.63, 3.8) is 0 Å². The first-order chi connectivity index (χ1) is 12.3. The minimum atomic E-state index is 0.621. The Morgan fingerprint density at radius 1 is 0.960 bits per heavy atom. The van der Waals surface area contributed by atoms with Gasteiger partial charge in [0, 0.05) is 38.4 Å². The highest BCUT2D eigenvalue weighted by Gasteiger charge is 2.28. The van der Waals surface area contributed by atoms with Crippen molar-refractivity contribution in [2.45, 2.75) is 64.0 Å². The summed E-state index contributed by atoms with van der Waals surface area (Å²) < 4.78 is 11.7. The lowest BCUT2D eigenvalue weighted by molar-refractivity contribution is 0.0716. The Morgan fingerprint density at radius 3 is 2.40 bits per heavy atom. The molecule has 3 heterocycles. The second-order valence-electron chi connectivity index (χ2n) is 8.28. The van der Waals surface area contributed by atoms with Crippen LogP contribution >= 0.6 is 0 Å². The third-order valence-corrected chi connectivity index (χ3v) is 6.31. The minimum absolute atomic E-state index is 0.621. The Balaban J connectivity index is 1.30. The van der Waals surface area contributed by atoms with Gasteiger partial charge in [-0.1, -0.05) is 12.5 Å². The zero-order valence-corrected chi connectivity index (χ0v) is 15.7. The van der Waals surface area contributed by atoms with Crippen LogP contribution in [0.25, 0.3) is 0 Å². The Hall–Kier alpha value is -1.00. The van der Waals surface area contributed by atoms with E-state index in [9.17, 15) is 0 Å². The van der Waals surface area contributed by atoms with E-state index in [0.717, 1.165) is 57.3 Å². The quantitative estimate of drug-likeness (QED) is 0.791. The Labute approximate surface area is 152 Å². The summed E-state index contributed by atoms with van der Waals surface area (Å²) in [6.07, 6.45) is 13.4. The van der Waals surface area contributed by atoms with Crippen LogP contribution in [0.4, 0.5) is 0 Å². The Morgan fingerprint density at radius 2 is 1.68 bits per heavy atom. The molecule has 4 nitrogen and oxygen atoms in total. The number of rotatable bonds is 4. The highest BCUT2D eigenvalue weighted by atomic mass is 16.5. The van der Waals surface area contributed by atoms with Crippen LogP contribution in [0, 0.1) is 11.8 Å². The van der Waals surface area contributed by atoms with Gasteiger partial charge in [-0.15, -0.1) is 0 Å². The smallest absolute Gasteiger partial charge is 0.185 e. The molecule has 0 bridgehead atoms. The molecule has 4 heteroatoms. The van der Waals surface area contributed by atoms with Crippen molar-refractivity contribution in [3.8, 4) is 0 Å². The summed E-state index contributed by atoms with van der Waals surface area (Å²) in [6, 6.07) is 1.54. The average molecular weight is 347 g/mol. The summed E-state index contributed by atoms with van der Waals surface area (Å²) in [4.78, 5) is 2.46. The summed E-state index contributed by atoms with van der Waals surface area (Å²) in [6.45, 7) is 7.19. The number of hydrogen-bond donors (Lipinski definition) is 1. The summed E-state index contributed by atoms with van der Waals surface area (Å²) in [7, 11) is 0. The first-order valence-electron chi connectivity index (χ1n) is 10.4. The number of nitrogens with zero attached hydrogens (tertiary/aromatic N) is 1. The molecule has 0 aromatic heterocycles. The van der Waals surface area contributed by atoms with E-state index in [1.807, 2.05) is 0 Å². The van der Waals surface area contributed by atoms with Crippen LogP contribution in [-0.2, 0) is 9.47 Å². The number of nitrogens with one attached hydrogen (secondary N) is 1. The lowest BCUT2D eigenvalue weighted by Gasteiger charge is -2.36. The molecule has 3 fully saturated rings. The highest BCUT2D eigenvalue weighted by molar-refractivity contribution is 5.15. The van der Waals surface area contributed by atoms with Gasteiger partial charge in [0.15, 0.2) is 5.88 Å². The van der Waals surface area contributed by atoms with Crippen molar-refractivity contribution in [3.05, 3.63) is 23.6 Å². The molecule has 1 atom stereocenters. The molecule has 1 aliphatic carbocycles. The van der Waals surface area contributed by atoms with Crippen LogP contribution in [0.2, 0.25) is 0 Å². The lowest BCUT2D eigenvalue weighted by Crippen LogP contribution is -2.43. The third-order valence-electron chi connectivity index (χ3n) is 6.31. The largest absolute Gasteiger partial charge is 0.475 e. The third kappa shape index (κ3) is 4.59. The van der Waals surface area contributed by atoms with Crippen LogP contribution in [-0.4, -0.2) is 49.9 Å². The van der Waals surface area contributed by atoms with E-state index in [1.54, 1.807) is 5.57 Å². The highest BCUT2D eigenvalue weighted by Crippen LogP contribution is 2.32. The number of hydrogen-bond acceptors (Lipinski definition) is 4. The van der Waals surface area contributed by atoms with Crippen LogP contribution in [0.1, 0.15) is 51.9 Å². The Bertz CT molecular complexity index is 498. The van der Waals surface area contributed by atoms with Crippen molar-refractivity contribution < 1.29 is 9.47 Å². The maximum Gasteiger partial charge on any atom is 0.185 e. The maximum atomic E-state index is 6.18. The standard InChI is InChI=1S/C21H34N2O2/c1-16-2-5-21(23-11-6-19(7-12-23)22-18-3-4-18)25-15-10-20(16)17-8-13-24-14-9-17/h5,10,16-19,22H,2-4,6-9,11-15H2,1H3. The van der Waals surface area contributed by atoms with E-state index >= 15 is 0 Å². The lowest BCUT2D eigenvalue weighted by atomic mass is 9.82. The zero-order valence-electron chi connectivity index (χ0n) is 15.7. The van der Waals surface area contributed by atoms with Gasteiger partial charge in [-0.25, -0.2) is 0 Å². The van der Waals surface area contributed by atoms with E-state index in [2.05, 4.69) is 29.3 Å². The fourth-order valence-corrected chi connectivity index (χ4v) is 4.57. The normalized spacial score (nSPS) is 30.1. The van der Waals surface area contributed by atoms with E-state index in [-0.39, 0.29) is 0 Å². The molecule has 4 aliphatic rings. The van der Waals surface area contributed by atoms with Gasteiger partial charge in [-0.2, -0.15) is 0 Å². The van der Waals surface area contributed by atoms with E-state index < -0.39 is 0 Å². The number of allylic oxidation sites excluding steroid dienone is 2. The molecule has 0 aromatic rings. The molecule has 0 amide bonds. The molecule has 25 heavy (non-hydrogen) atoms. The predicted molar refractivity (Wildman–Crippen MR) is 100 cm³/mol. The maximum absolute atomic E-state index is 6.18. The van der Waals surface area contributed by atoms with Gasteiger partial charge in [0.05, 0.1) is 0 Å². The summed E-state index contributed by atoms with van der Waals surface area (Å²) in [5, 5.41) is 3.78. The summed E-state index contributed by atoms with van der Waals surface area (Å²) in [5.41, 5.74) is 1.60. The van der Waals surface area contributed by atoms with Crippen molar-refractivity contribution >= 4 is 0 Å². The number of likely N-dealkylation sites (tertiary alicyclic amines) is 1.